The molecule has 0 fully saturated rings. The van der Waals surface area contributed by atoms with Crippen LogP contribution < -0.4 is 5.32 Å². The Bertz CT molecular complexity index is 912. The van der Waals surface area contributed by atoms with Crippen molar-refractivity contribution in [1.82, 2.24) is 24.6 Å². The van der Waals surface area contributed by atoms with Crippen LogP contribution in [0.2, 0.25) is 5.02 Å². The third kappa shape index (κ3) is 5.16. The fourth-order valence-corrected chi connectivity index (χ4v) is 3.29. The summed E-state index contributed by atoms with van der Waals surface area (Å²) in [6.07, 6.45) is 6.73. The van der Waals surface area contributed by atoms with Gasteiger partial charge in [0.25, 0.3) is 0 Å². The number of nitrogens with zero attached hydrogens (tertiary/aromatic N) is 5. The maximum Gasteiger partial charge on any atom is 0.194 e. The lowest BCUT2D eigenvalue weighted by Crippen LogP contribution is -2.39. The number of guanidine groups is 1. The van der Waals surface area contributed by atoms with E-state index in [1.54, 1.807) is 0 Å². The fourth-order valence-electron chi connectivity index (χ4n) is 3.01. The number of aromatic nitrogens is 3. The molecule has 1 aromatic carbocycles. The second kappa shape index (κ2) is 9.46. The Labute approximate surface area is 171 Å². The molecule has 2 heterocycles. The first kappa shape index (κ1) is 20.0. The zero-order valence-electron chi connectivity index (χ0n) is 16.6. The molecule has 7 heteroatoms. The van der Waals surface area contributed by atoms with Crippen LogP contribution in [0.15, 0.2) is 60.0 Å². The van der Waals surface area contributed by atoms with E-state index in [4.69, 9.17) is 16.6 Å². The molecule has 1 N–H and O–H groups in total. The standard InChI is InChI=1S/C21H27ClN6/c1-4-23-21(27(3)16-20-12-18(22)15-26(20)2)24-11-10-17-13-25-28(14-17)19-8-6-5-7-9-19/h5-9,12-15H,4,10-11,16H2,1-3H3,(H,23,24). The van der Waals surface area contributed by atoms with Crippen LogP contribution in [0.25, 0.3) is 5.69 Å². The molecule has 6 nitrogen and oxygen atoms in total. The summed E-state index contributed by atoms with van der Waals surface area (Å²) in [5.41, 5.74) is 3.37. The lowest BCUT2D eigenvalue weighted by atomic mass is 10.2. The van der Waals surface area contributed by atoms with Crippen molar-refractivity contribution in [3.8, 4) is 5.69 Å². The molecule has 0 unspecified atom stereocenters. The molecule has 0 spiro atoms. The quantitative estimate of drug-likeness (QED) is 0.489. The number of rotatable bonds is 7. The van der Waals surface area contributed by atoms with Gasteiger partial charge in [-0.15, -0.1) is 0 Å². The van der Waals surface area contributed by atoms with Crippen molar-refractivity contribution in [3.05, 3.63) is 71.3 Å². The number of benzene rings is 1. The minimum Gasteiger partial charge on any atom is -0.357 e. The average Bonchev–Trinajstić information content (AvgIpc) is 3.28. The van der Waals surface area contributed by atoms with Crippen LogP contribution in [0, 0.1) is 0 Å². The van der Waals surface area contributed by atoms with Crippen molar-refractivity contribution in [2.24, 2.45) is 12.0 Å². The van der Waals surface area contributed by atoms with Crippen molar-refractivity contribution in [1.29, 1.82) is 0 Å². The molecule has 3 aromatic rings. The van der Waals surface area contributed by atoms with E-state index in [0.717, 1.165) is 41.9 Å². The van der Waals surface area contributed by atoms with Crippen LogP contribution in [0.3, 0.4) is 0 Å². The smallest absolute Gasteiger partial charge is 0.194 e. The van der Waals surface area contributed by atoms with Gasteiger partial charge in [-0.2, -0.15) is 5.10 Å². The summed E-state index contributed by atoms with van der Waals surface area (Å²) in [6, 6.07) is 12.1. The van der Waals surface area contributed by atoms with Gasteiger partial charge >= 0.3 is 0 Å². The van der Waals surface area contributed by atoms with E-state index >= 15 is 0 Å². The summed E-state index contributed by atoms with van der Waals surface area (Å²) < 4.78 is 3.94. The highest BCUT2D eigenvalue weighted by Gasteiger charge is 2.10. The summed E-state index contributed by atoms with van der Waals surface area (Å²) >= 11 is 6.09. The van der Waals surface area contributed by atoms with Crippen LogP contribution in [-0.2, 0) is 20.0 Å². The van der Waals surface area contributed by atoms with E-state index < -0.39 is 0 Å². The van der Waals surface area contributed by atoms with Gasteiger partial charge in [-0.25, -0.2) is 4.68 Å². The van der Waals surface area contributed by atoms with Gasteiger partial charge in [0, 0.05) is 45.3 Å². The highest BCUT2D eigenvalue weighted by molar-refractivity contribution is 6.30. The molecule has 0 saturated heterocycles. The molecular weight excluding hydrogens is 372 g/mol. The van der Waals surface area contributed by atoms with Gasteiger partial charge in [-0.3, -0.25) is 4.99 Å². The molecule has 28 heavy (non-hydrogen) atoms. The van der Waals surface area contributed by atoms with Gasteiger partial charge in [0.05, 0.1) is 23.5 Å². The summed E-state index contributed by atoms with van der Waals surface area (Å²) in [5.74, 6) is 0.885. The van der Waals surface area contributed by atoms with Gasteiger partial charge in [0.15, 0.2) is 5.96 Å². The van der Waals surface area contributed by atoms with Gasteiger partial charge < -0.3 is 14.8 Å². The highest BCUT2D eigenvalue weighted by atomic mass is 35.5. The van der Waals surface area contributed by atoms with E-state index in [1.165, 1.54) is 5.56 Å². The Hall–Kier alpha value is -2.73. The predicted octanol–water partition coefficient (Wildman–Crippen LogP) is 3.50. The summed E-state index contributed by atoms with van der Waals surface area (Å²) in [6.45, 7) is 4.33. The maximum absolute atomic E-state index is 6.09. The van der Waals surface area contributed by atoms with Crippen LogP contribution in [0.1, 0.15) is 18.2 Å². The topological polar surface area (TPSA) is 50.4 Å². The van der Waals surface area contributed by atoms with Crippen molar-refractivity contribution < 1.29 is 0 Å². The molecule has 0 bridgehead atoms. The molecule has 2 aromatic heterocycles. The van der Waals surface area contributed by atoms with Gasteiger partial charge in [-0.05, 0) is 37.1 Å². The number of hydrogen-bond donors (Lipinski definition) is 1. The van der Waals surface area contributed by atoms with Crippen LogP contribution in [0.5, 0.6) is 0 Å². The normalized spacial score (nSPS) is 11.6. The Kier molecular flexibility index (Phi) is 6.76. The maximum atomic E-state index is 6.09. The number of aliphatic imine (C=N–C) groups is 1. The first-order valence-corrected chi connectivity index (χ1v) is 9.83. The molecule has 0 aliphatic rings. The van der Waals surface area contributed by atoms with Gasteiger partial charge in [-0.1, -0.05) is 29.8 Å². The lowest BCUT2D eigenvalue weighted by molar-refractivity contribution is 0.462. The monoisotopic (exact) mass is 398 g/mol. The van der Waals surface area contributed by atoms with Crippen molar-refractivity contribution in [2.75, 3.05) is 20.1 Å². The molecule has 0 radical (unpaired) electrons. The first-order valence-electron chi connectivity index (χ1n) is 9.46. The van der Waals surface area contributed by atoms with E-state index in [0.29, 0.717) is 6.54 Å². The van der Waals surface area contributed by atoms with Crippen LogP contribution in [0.4, 0.5) is 0 Å². The minimum absolute atomic E-state index is 0.695. The summed E-state index contributed by atoms with van der Waals surface area (Å²) in [7, 11) is 4.04. The third-order valence-electron chi connectivity index (χ3n) is 4.49. The Morgan fingerprint density at radius 3 is 2.71 bits per heavy atom. The molecule has 0 aliphatic heterocycles. The number of nitrogens with one attached hydrogen (secondary N) is 1. The molecule has 0 amide bonds. The number of halogens is 1. The molecule has 0 atom stereocenters. The van der Waals surface area contributed by atoms with Crippen molar-refractivity contribution >= 4 is 17.6 Å². The zero-order valence-corrected chi connectivity index (χ0v) is 17.4. The Balaban J connectivity index is 1.61. The average molecular weight is 399 g/mol. The molecule has 3 rings (SSSR count). The SMILES string of the molecule is CCNC(=NCCc1cnn(-c2ccccc2)c1)N(C)Cc1cc(Cl)cn1C. The summed E-state index contributed by atoms with van der Waals surface area (Å²) in [5, 5.41) is 8.56. The zero-order chi connectivity index (χ0) is 19.9. The van der Waals surface area contributed by atoms with E-state index in [1.807, 2.05) is 72.1 Å². The Morgan fingerprint density at radius 1 is 1.25 bits per heavy atom. The highest BCUT2D eigenvalue weighted by Crippen LogP contribution is 2.14. The third-order valence-corrected chi connectivity index (χ3v) is 4.70. The largest absolute Gasteiger partial charge is 0.357 e. The molecular formula is C21H27ClN6. The second-order valence-electron chi connectivity index (χ2n) is 6.73. The first-order chi connectivity index (χ1) is 13.6. The minimum atomic E-state index is 0.695. The Morgan fingerprint density at radius 2 is 2.04 bits per heavy atom. The summed E-state index contributed by atoms with van der Waals surface area (Å²) in [4.78, 5) is 6.89. The van der Waals surface area contributed by atoms with Gasteiger partial charge in [0.2, 0.25) is 0 Å². The fraction of sp³-hybridized carbons (Fsp3) is 0.333. The molecule has 148 valence electrons. The number of aryl methyl sites for hydroxylation is 1. The second-order valence-corrected chi connectivity index (χ2v) is 7.17. The number of para-hydroxylation sites is 1. The van der Waals surface area contributed by atoms with E-state index in [2.05, 4.69) is 28.4 Å². The lowest BCUT2D eigenvalue weighted by Gasteiger charge is -2.22. The van der Waals surface area contributed by atoms with Crippen LogP contribution >= 0.6 is 11.6 Å². The predicted molar refractivity (Wildman–Crippen MR) is 115 cm³/mol. The van der Waals surface area contributed by atoms with Gasteiger partial charge in [0.1, 0.15) is 0 Å². The molecule has 0 aliphatic carbocycles. The van der Waals surface area contributed by atoms with E-state index in [-0.39, 0.29) is 0 Å². The van der Waals surface area contributed by atoms with E-state index in [9.17, 15) is 0 Å². The van der Waals surface area contributed by atoms with Crippen LogP contribution in [-0.4, -0.2) is 45.3 Å². The van der Waals surface area contributed by atoms with Crippen molar-refractivity contribution in [3.63, 3.8) is 0 Å². The number of hydrogen-bond acceptors (Lipinski definition) is 2. The van der Waals surface area contributed by atoms with Crippen molar-refractivity contribution in [2.45, 2.75) is 19.9 Å². The molecule has 0 saturated carbocycles.